The maximum absolute atomic E-state index is 10.9. The number of carboxylic acid groups (broad SMARTS) is 2. The summed E-state index contributed by atoms with van der Waals surface area (Å²) < 4.78 is 8.26. The van der Waals surface area contributed by atoms with Crippen molar-refractivity contribution in [2.24, 2.45) is 14.1 Å². The largest absolute Gasteiger partial charge is 0.477 e. The van der Waals surface area contributed by atoms with E-state index in [1.54, 1.807) is 14.1 Å². The van der Waals surface area contributed by atoms with Crippen molar-refractivity contribution in [1.82, 2.24) is 9.13 Å². The summed E-state index contributed by atoms with van der Waals surface area (Å²) in [5, 5.41) is 17.8. The van der Waals surface area contributed by atoms with Gasteiger partial charge < -0.3 is 24.1 Å². The van der Waals surface area contributed by atoms with E-state index >= 15 is 0 Å². The molecule has 0 spiro atoms. The molecule has 0 saturated carbocycles. The van der Waals surface area contributed by atoms with Crippen LogP contribution in [-0.2, 0) is 14.1 Å². The second kappa shape index (κ2) is 4.52. The van der Waals surface area contributed by atoms with Crippen LogP contribution in [0.4, 0.5) is 0 Å². The molecule has 0 aliphatic heterocycles. The van der Waals surface area contributed by atoms with Crippen LogP contribution in [0, 0.1) is 0 Å². The molecule has 2 N–H and O–H groups in total. The van der Waals surface area contributed by atoms with E-state index in [1.165, 1.54) is 33.7 Å². The van der Waals surface area contributed by atoms with Gasteiger partial charge in [-0.25, -0.2) is 9.59 Å². The zero-order valence-corrected chi connectivity index (χ0v) is 10.3. The van der Waals surface area contributed by atoms with Crippen LogP contribution in [0.2, 0.25) is 0 Å². The maximum atomic E-state index is 10.9. The van der Waals surface area contributed by atoms with E-state index in [1.807, 2.05) is 0 Å². The molecular formula is C12H12N2O5. The number of carboxylic acids is 2. The highest BCUT2D eigenvalue weighted by Gasteiger charge is 2.14. The first kappa shape index (κ1) is 12.7. The first-order valence-electron chi connectivity index (χ1n) is 5.35. The van der Waals surface area contributed by atoms with Crippen molar-refractivity contribution in [3.05, 3.63) is 35.9 Å². The molecule has 0 unspecified atom stereocenters. The number of carbonyl (C=O) groups is 2. The van der Waals surface area contributed by atoms with Crippen LogP contribution in [0.25, 0.3) is 0 Å². The fourth-order valence-corrected chi connectivity index (χ4v) is 1.74. The lowest BCUT2D eigenvalue weighted by atomic mass is 10.4. The molecule has 0 amide bonds. The quantitative estimate of drug-likeness (QED) is 0.873. The highest BCUT2D eigenvalue weighted by atomic mass is 16.5. The molecule has 0 radical (unpaired) electrons. The Bertz CT molecular complexity index is 597. The van der Waals surface area contributed by atoms with Crippen LogP contribution < -0.4 is 4.74 Å². The van der Waals surface area contributed by atoms with Crippen molar-refractivity contribution in [3.8, 4) is 11.5 Å². The molecular weight excluding hydrogens is 252 g/mol. The number of aromatic nitrogens is 2. The number of aryl methyl sites for hydroxylation is 2. The average molecular weight is 264 g/mol. The van der Waals surface area contributed by atoms with Gasteiger partial charge in [0.05, 0.1) is 0 Å². The number of hydrogen-bond acceptors (Lipinski definition) is 3. The van der Waals surface area contributed by atoms with Gasteiger partial charge in [0.1, 0.15) is 22.9 Å². The number of hydrogen-bond donors (Lipinski definition) is 2. The minimum atomic E-state index is -1.06. The second-order valence-electron chi connectivity index (χ2n) is 4.06. The average Bonchev–Trinajstić information content (AvgIpc) is 2.82. The van der Waals surface area contributed by atoms with Gasteiger partial charge in [-0.3, -0.25) is 0 Å². The molecule has 0 fully saturated rings. The Morgan fingerprint density at radius 1 is 0.947 bits per heavy atom. The van der Waals surface area contributed by atoms with E-state index < -0.39 is 11.9 Å². The van der Waals surface area contributed by atoms with Gasteiger partial charge in [-0.2, -0.15) is 0 Å². The van der Waals surface area contributed by atoms with E-state index in [4.69, 9.17) is 14.9 Å². The van der Waals surface area contributed by atoms with Gasteiger partial charge in [0.2, 0.25) is 0 Å². The third-order valence-corrected chi connectivity index (χ3v) is 2.63. The molecule has 19 heavy (non-hydrogen) atoms. The topological polar surface area (TPSA) is 93.7 Å². The Kier molecular flexibility index (Phi) is 3.04. The molecule has 2 aromatic heterocycles. The molecule has 0 aromatic carbocycles. The third kappa shape index (κ3) is 2.44. The second-order valence-corrected chi connectivity index (χ2v) is 4.06. The SMILES string of the molecule is Cn1cc(Oc2cc(C(=O)O)n(C)c2)cc1C(=O)O. The van der Waals surface area contributed by atoms with E-state index in [-0.39, 0.29) is 11.4 Å². The van der Waals surface area contributed by atoms with Crippen LogP contribution in [-0.4, -0.2) is 31.3 Å². The van der Waals surface area contributed by atoms with Crippen LogP contribution in [0.15, 0.2) is 24.5 Å². The fourth-order valence-electron chi connectivity index (χ4n) is 1.74. The summed E-state index contributed by atoms with van der Waals surface area (Å²) in [6.45, 7) is 0. The zero-order valence-electron chi connectivity index (χ0n) is 10.3. The Morgan fingerprint density at radius 2 is 1.32 bits per heavy atom. The van der Waals surface area contributed by atoms with Gasteiger partial charge in [-0.1, -0.05) is 0 Å². The van der Waals surface area contributed by atoms with E-state index in [0.717, 1.165) is 0 Å². The Hall–Kier alpha value is -2.70. The molecule has 0 aliphatic carbocycles. The van der Waals surface area contributed by atoms with Gasteiger partial charge in [0.25, 0.3) is 0 Å². The van der Waals surface area contributed by atoms with Crippen molar-refractivity contribution in [2.75, 3.05) is 0 Å². The Morgan fingerprint density at radius 3 is 1.58 bits per heavy atom. The summed E-state index contributed by atoms with van der Waals surface area (Å²) in [5.74, 6) is -1.45. The van der Waals surface area contributed by atoms with Crippen molar-refractivity contribution in [3.63, 3.8) is 0 Å². The monoisotopic (exact) mass is 264 g/mol. The lowest BCUT2D eigenvalue weighted by Gasteiger charge is -1.97. The normalized spacial score (nSPS) is 10.4. The van der Waals surface area contributed by atoms with E-state index in [2.05, 4.69) is 0 Å². The van der Waals surface area contributed by atoms with E-state index in [9.17, 15) is 9.59 Å². The molecule has 100 valence electrons. The minimum absolute atomic E-state index is 0.0874. The highest BCUT2D eigenvalue weighted by Crippen LogP contribution is 2.25. The van der Waals surface area contributed by atoms with Crippen molar-refractivity contribution < 1.29 is 24.5 Å². The van der Waals surface area contributed by atoms with Crippen molar-refractivity contribution in [2.45, 2.75) is 0 Å². The van der Waals surface area contributed by atoms with Crippen LogP contribution in [0.5, 0.6) is 11.5 Å². The highest BCUT2D eigenvalue weighted by molar-refractivity contribution is 5.87. The number of nitrogens with zero attached hydrogens (tertiary/aromatic N) is 2. The van der Waals surface area contributed by atoms with Crippen LogP contribution in [0.1, 0.15) is 21.0 Å². The molecule has 0 aliphatic rings. The summed E-state index contributed by atoms with van der Waals surface area (Å²) >= 11 is 0. The summed E-state index contributed by atoms with van der Waals surface area (Å²) in [7, 11) is 3.17. The fraction of sp³-hybridized carbons (Fsp3) is 0.167. The zero-order chi connectivity index (χ0) is 14.2. The minimum Gasteiger partial charge on any atom is -0.477 e. The summed E-state index contributed by atoms with van der Waals surface area (Å²) in [5.41, 5.74) is 0.175. The lowest BCUT2D eigenvalue weighted by molar-refractivity contribution is 0.0675. The smallest absolute Gasteiger partial charge is 0.352 e. The predicted octanol–water partition coefficient (Wildman–Crippen LogP) is 1.55. The summed E-state index contributed by atoms with van der Waals surface area (Å²) in [4.78, 5) is 21.8. The molecule has 0 saturated heterocycles. The predicted molar refractivity (Wildman–Crippen MR) is 64.8 cm³/mol. The first-order valence-corrected chi connectivity index (χ1v) is 5.35. The Balaban J connectivity index is 2.26. The molecule has 7 nitrogen and oxygen atoms in total. The molecule has 0 atom stereocenters. The standard InChI is InChI=1S/C12H12N2O5/c1-13-5-7(3-9(13)11(15)16)19-8-4-10(12(17)18)14(2)6-8/h3-6H,1-2H3,(H,15,16)(H,17,18). The van der Waals surface area contributed by atoms with Crippen molar-refractivity contribution >= 4 is 11.9 Å². The van der Waals surface area contributed by atoms with E-state index in [0.29, 0.717) is 11.5 Å². The lowest BCUT2D eigenvalue weighted by Crippen LogP contribution is -2.02. The van der Waals surface area contributed by atoms with Gasteiger partial charge in [-0.15, -0.1) is 0 Å². The third-order valence-electron chi connectivity index (χ3n) is 2.63. The van der Waals surface area contributed by atoms with Gasteiger partial charge in [0, 0.05) is 38.6 Å². The number of ether oxygens (including phenoxy) is 1. The van der Waals surface area contributed by atoms with Gasteiger partial charge in [0.15, 0.2) is 0 Å². The number of rotatable bonds is 4. The summed E-state index contributed by atoms with van der Waals surface area (Å²) in [6, 6.07) is 2.74. The molecule has 2 aromatic rings. The molecule has 2 heterocycles. The Labute approximate surface area is 108 Å². The molecule has 2 rings (SSSR count). The molecule has 0 bridgehead atoms. The van der Waals surface area contributed by atoms with Crippen molar-refractivity contribution in [1.29, 1.82) is 0 Å². The summed E-state index contributed by atoms with van der Waals surface area (Å²) in [6.07, 6.45) is 3.02. The van der Waals surface area contributed by atoms with Gasteiger partial charge in [-0.05, 0) is 0 Å². The first-order chi connectivity index (χ1) is 8.88. The van der Waals surface area contributed by atoms with Gasteiger partial charge >= 0.3 is 11.9 Å². The number of aromatic carboxylic acids is 2. The molecule has 7 heteroatoms. The van der Waals surface area contributed by atoms with Crippen LogP contribution >= 0.6 is 0 Å². The maximum Gasteiger partial charge on any atom is 0.352 e. The van der Waals surface area contributed by atoms with Crippen LogP contribution in [0.3, 0.4) is 0 Å².